The summed E-state index contributed by atoms with van der Waals surface area (Å²) >= 11 is 0. The van der Waals surface area contributed by atoms with Crippen molar-refractivity contribution in [2.45, 2.75) is 12.6 Å². The topological polar surface area (TPSA) is 87.7 Å². The van der Waals surface area contributed by atoms with Crippen LogP contribution < -0.4 is 11.1 Å². The van der Waals surface area contributed by atoms with Gasteiger partial charge in [0, 0.05) is 5.69 Å². The summed E-state index contributed by atoms with van der Waals surface area (Å²) in [6, 6.07) is 2.88. The predicted octanol–water partition coefficient (Wildman–Crippen LogP) is 1.81. The first-order valence-electron chi connectivity index (χ1n) is 4.87. The molecule has 0 spiro atoms. The first-order valence-corrected chi connectivity index (χ1v) is 4.87. The van der Waals surface area contributed by atoms with Crippen molar-refractivity contribution in [2.75, 3.05) is 5.32 Å². The molecule has 0 saturated carbocycles. The number of carbonyl (C=O) groups excluding carboxylic acids is 1. The highest BCUT2D eigenvalue weighted by atomic mass is 19.4. The van der Waals surface area contributed by atoms with E-state index in [9.17, 15) is 22.4 Å². The minimum absolute atomic E-state index is 0.0998. The Labute approximate surface area is 104 Å². The van der Waals surface area contributed by atoms with Gasteiger partial charge in [-0.1, -0.05) is 5.16 Å². The molecule has 0 bridgehead atoms. The van der Waals surface area contributed by atoms with Crippen molar-refractivity contribution in [3.63, 3.8) is 0 Å². The highest BCUT2D eigenvalue weighted by Crippen LogP contribution is 2.21. The number of anilines is 1. The van der Waals surface area contributed by atoms with Gasteiger partial charge in [-0.05, 0) is 18.2 Å². The molecule has 19 heavy (non-hydrogen) atoms. The van der Waals surface area contributed by atoms with Gasteiger partial charge in [0.1, 0.15) is 12.2 Å². The monoisotopic (exact) mass is 279 g/mol. The van der Waals surface area contributed by atoms with Crippen LogP contribution in [0.5, 0.6) is 0 Å². The molecule has 0 aliphatic heterocycles. The molecule has 0 unspecified atom stereocenters. The minimum atomic E-state index is -4.64. The third kappa shape index (κ3) is 4.45. The van der Waals surface area contributed by atoms with E-state index in [0.717, 1.165) is 18.2 Å². The number of oxime groups is 1. The molecule has 1 aromatic rings. The van der Waals surface area contributed by atoms with Gasteiger partial charge >= 0.3 is 6.18 Å². The van der Waals surface area contributed by atoms with Crippen LogP contribution in [0, 0.1) is 5.82 Å². The Morgan fingerprint density at radius 1 is 1.42 bits per heavy atom. The summed E-state index contributed by atoms with van der Waals surface area (Å²) in [6.07, 6.45) is -6.30. The number of rotatable bonds is 3. The fraction of sp³-hybridized carbons (Fsp3) is 0.200. The van der Waals surface area contributed by atoms with Gasteiger partial charge in [0.15, 0.2) is 5.84 Å². The molecule has 1 amide bonds. The lowest BCUT2D eigenvalue weighted by Gasteiger charge is -2.09. The van der Waals surface area contributed by atoms with Crippen LogP contribution in [0.15, 0.2) is 23.4 Å². The second kappa shape index (κ2) is 5.55. The average molecular weight is 279 g/mol. The van der Waals surface area contributed by atoms with E-state index in [1.54, 1.807) is 0 Å². The maximum absolute atomic E-state index is 13.3. The van der Waals surface area contributed by atoms with E-state index in [4.69, 9.17) is 10.9 Å². The van der Waals surface area contributed by atoms with E-state index < -0.39 is 30.2 Å². The Morgan fingerprint density at radius 3 is 2.58 bits per heavy atom. The summed E-state index contributed by atoms with van der Waals surface area (Å²) in [5.74, 6) is -2.71. The Kier molecular flexibility index (Phi) is 4.30. The zero-order chi connectivity index (χ0) is 14.6. The molecule has 1 aromatic carbocycles. The quantitative estimate of drug-likeness (QED) is 0.259. The Morgan fingerprint density at radius 2 is 2.05 bits per heavy atom. The average Bonchev–Trinajstić information content (AvgIpc) is 2.28. The summed E-state index contributed by atoms with van der Waals surface area (Å²) in [5, 5.41) is 12.9. The van der Waals surface area contributed by atoms with Crippen LogP contribution in [-0.4, -0.2) is 23.1 Å². The summed E-state index contributed by atoms with van der Waals surface area (Å²) in [6.45, 7) is 0. The number of amides is 1. The number of alkyl halides is 3. The second-order valence-electron chi connectivity index (χ2n) is 3.52. The van der Waals surface area contributed by atoms with E-state index in [1.807, 2.05) is 5.32 Å². The van der Waals surface area contributed by atoms with Crippen LogP contribution in [0.2, 0.25) is 0 Å². The largest absolute Gasteiger partial charge is 0.409 e. The molecule has 104 valence electrons. The molecule has 0 heterocycles. The molecule has 0 aliphatic rings. The number of carbonyl (C=O) groups is 1. The van der Waals surface area contributed by atoms with E-state index in [-0.39, 0.29) is 11.3 Å². The van der Waals surface area contributed by atoms with E-state index in [0.29, 0.717) is 0 Å². The molecule has 4 N–H and O–H groups in total. The summed E-state index contributed by atoms with van der Waals surface area (Å²) in [4.78, 5) is 11.0. The van der Waals surface area contributed by atoms with E-state index in [1.165, 1.54) is 0 Å². The van der Waals surface area contributed by atoms with Gasteiger partial charge in [0.25, 0.3) is 0 Å². The van der Waals surface area contributed by atoms with Crippen molar-refractivity contribution in [1.82, 2.24) is 0 Å². The molecule has 9 heteroatoms. The van der Waals surface area contributed by atoms with Gasteiger partial charge in [0.05, 0.1) is 5.56 Å². The molecule has 0 fully saturated rings. The van der Waals surface area contributed by atoms with Crippen molar-refractivity contribution in [1.29, 1.82) is 0 Å². The zero-order valence-corrected chi connectivity index (χ0v) is 9.33. The first kappa shape index (κ1) is 14.7. The van der Waals surface area contributed by atoms with Crippen molar-refractivity contribution in [3.05, 3.63) is 29.6 Å². The lowest BCUT2D eigenvalue weighted by atomic mass is 10.1. The maximum Gasteiger partial charge on any atom is 0.397 e. The van der Waals surface area contributed by atoms with Crippen LogP contribution in [0.3, 0.4) is 0 Å². The van der Waals surface area contributed by atoms with Gasteiger partial charge in [-0.2, -0.15) is 13.2 Å². The molecular formula is C10H9F4N3O2. The van der Waals surface area contributed by atoms with Gasteiger partial charge in [-0.25, -0.2) is 4.39 Å². The van der Waals surface area contributed by atoms with Crippen molar-refractivity contribution in [2.24, 2.45) is 10.9 Å². The molecule has 0 radical (unpaired) electrons. The second-order valence-corrected chi connectivity index (χ2v) is 3.52. The Balaban J connectivity index is 2.89. The molecule has 0 saturated heterocycles. The summed E-state index contributed by atoms with van der Waals surface area (Å²) < 4.78 is 49.1. The number of halogens is 4. The highest BCUT2D eigenvalue weighted by molar-refractivity contribution is 5.99. The van der Waals surface area contributed by atoms with Crippen LogP contribution in [0.25, 0.3) is 0 Å². The SMILES string of the molecule is NC(=NO)c1cc(NC(=O)CC(F)(F)F)ccc1F. The smallest absolute Gasteiger partial charge is 0.397 e. The van der Waals surface area contributed by atoms with Gasteiger partial charge < -0.3 is 16.3 Å². The fourth-order valence-electron chi connectivity index (χ4n) is 1.24. The highest BCUT2D eigenvalue weighted by Gasteiger charge is 2.31. The summed E-state index contributed by atoms with van der Waals surface area (Å²) in [7, 11) is 0. The Bertz CT molecular complexity index is 514. The number of benzene rings is 1. The van der Waals surface area contributed by atoms with Crippen molar-refractivity contribution in [3.8, 4) is 0 Å². The molecule has 5 nitrogen and oxygen atoms in total. The number of nitrogens with zero attached hydrogens (tertiary/aromatic N) is 1. The van der Waals surface area contributed by atoms with Crippen LogP contribution in [0.1, 0.15) is 12.0 Å². The molecular weight excluding hydrogens is 270 g/mol. The molecule has 1 rings (SSSR count). The van der Waals surface area contributed by atoms with E-state index in [2.05, 4.69) is 5.16 Å². The van der Waals surface area contributed by atoms with Crippen LogP contribution in [0.4, 0.5) is 23.2 Å². The fourth-order valence-corrected chi connectivity index (χ4v) is 1.24. The normalized spacial score (nSPS) is 12.3. The van der Waals surface area contributed by atoms with Crippen molar-refractivity contribution < 1.29 is 27.6 Å². The van der Waals surface area contributed by atoms with Crippen LogP contribution >= 0.6 is 0 Å². The predicted molar refractivity (Wildman–Crippen MR) is 58.2 cm³/mol. The first-order chi connectivity index (χ1) is 8.73. The maximum atomic E-state index is 13.3. The standard InChI is InChI=1S/C10H9F4N3O2/c11-7-2-1-5(3-6(7)9(15)17-19)16-8(18)4-10(12,13)14/h1-3,19H,4H2,(H2,15,17)(H,16,18). The Hall–Kier alpha value is -2.32. The lowest BCUT2D eigenvalue weighted by molar-refractivity contribution is -0.150. The number of amidine groups is 1. The van der Waals surface area contributed by atoms with Crippen LogP contribution in [-0.2, 0) is 4.79 Å². The van der Waals surface area contributed by atoms with E-state index >= 15 is 0 Å². The number of nitrogens with two attached hydrogens (primary N) is 1. The number of hydrogen-bond acceptors (Lipinski definition) is 3. The minimum Gasteiger partial charge on any atom is -0.409 e. The third-order valence-electron chi connectivity index (χ3n) is 1.99. The van der Waals surface area contributed by atoms with Gasteiger partial charge in [0.2, 0.25) is 5.91 Å². The lowest BCUT2D eigenvalue weighted by Crippen LogP contribution is -2.22. The number of hydrogen-bond donors (Lipinski definition) is 3. The third-order valence-corrected chi connectivity index (χ3v) is 1.99. The van der Waals surface area contributed by atoms with Gasteiger partial charge in [-0.3, -0.25) is 4.79 Å². The molecule has 0 aromatic heterocycles. The molecule has 0 atom stereocenters. The molecule has 0 aliphatic carbocycles. The van der Waals surface area contributed by atoms with Crippen molar-refractivity contribution >= 4 is 17.4 Å². The number of nitrogens with one attached hydrogen (secondary N) is 1. The summed E-state index contributed by atoms with van der Waals surface area (Å²) in [5.41, 5.74) is 4.72. The zero-order valence-electron chi connectivity index (χ0n) is 9.33. The van der Waals surface area contributed by atoms with Gasteiger partial charge in [-0.15, -0.1) is 0 Å².